The van der Waals surface area contributed by atoms with Gasteiger partial charge in [0.25, 0.3) is 0 Å². The zero-order valence-corrected chi connectivity index (χ0v) is 10.6. The summed E-state index contributed by atoms with van der Waals surface area (Å²) in [5.41, 5.74) is 6.96. The van der Waals surface area contributed by atoms with E-state index in [9.17, 15) is 0 Å². The number of rotatable bonds is 4. The van der Waals surface area contributed by atoms with Gasteiger partial charge in [-0.25, -0.2) is 9.97 Å². The lowest BCUT2D eigenvalue weighted by Crippen LogP contribution is -2.05. The third-order valence-electron chi connectivity index (χ3n) is 2.34. The maximum atomic E-state index is 5.88. The van der Waals surface area contributed by atoms with E-state index in [0.717, 1.165) is 17.0 Å². The predicted molar refractivity (Wildman–Crippen MR) is 66.1 cm³/mol. The summed E-state index contributed by atoms with van der Waals surface area (Å²) >= 11 is 1.78. The van der Waals surface area contributed by atoms with Crippen LogP contribution in [-0.4, -0.2) is 15.2 Å². The van der Waals surface area contributed by atoms with Gasteiger partial charge in [0.15, 0.2) is 0 Å². The molecular weight excluding hydrogens is 206 g/mol. The van der Waals surface area contributed by atoms with Crippen LogP contribution in [0.1, 0.15) is 45.6 Å². The van der Waals surface area contributed by atoms with Crippen molar-refractivity contribution in [2.45, 2.75) is 50.3 Å². The molecule has 4 heteroatoms. The first-order valence-corrected chi connectivity index (χ1v) is 6.21. The van der Waals surface area contributed by atoms with E-state index in [1.807, 2.05) is 0 Å². The molecule has 0 amide bonds. The van der Waals surface area contributed by atoms with Gasteiger partial charge < -0.3 is 5.73 Å². The Morgan fingerprint density at radius 2 is 2.00 bits per heavy atom. The standard InChI is InChI=1S/C11H19N3S/c1-5-8(4)15-11-9(7(2)3)10(12)13-6-14-11/h6-8H,5H2,1-4H3,(H2,12,13,14). The molecule has 1 atom stereocenters. The average Bonchev–Trinajstić information content (AvgIpc) is 2.17. The lowest BCUT2D eigenvalue weighted by Gasteiger charge is -2.15. The van der Waals surface area contributed by atoms with Crippen molar-refractivity contribution in [1.82, 2.24) is 9.97 Å². The molecule has 0 aromatic carbocycles. The van der Waals surface area contributed by atoms with Gasteiger partial charge in [-0.2, -0.15) is 0 Å². The fourth-order valence-electron chi connectivity index (χ4n) is 1.30. The Balaban J connectivity index is 3.00. The highest BCUT2D eigenvalue weighted by Crippen LogP contribution is 2.32. The summed E-state index contributed by atoms with van der Waals surface area (Å²) in [4.78, 5) is 8.37. The highest BCUT2D eigenvalue weighted by Gasteiger charge is 2.14. The van der Waals surface area contributed by atoms with E-state index in [2.05, 4.69) is 37.7 Å². The molecule has 2 N–H and O–H groups in total. The summed E-state index contributed by atoms with van der Waals surface area (Å²) < 4.78 is 0. The number of nitrogens with two attached hydrogens (primary N) is 1. The number of nitrogen functional groups attached to an aromatic ring is 1. The second-order valence-electron chi connectivity index (χ2n) is 3.97. The molecule has 1 heterocycles. The molecule has 0 aliphatic heterocycles. The first-order chi connectivity index (χ1) is 7.06. The van der Waals surface area contributed by atoms with E-state index in [-0.39, 0.29) is 0 Å². The molecule has 1 aromatic rings. The van der Waals surface area contributed by atoms with Gasteiger partial charge in [0.05, 0.1) is 0 Å². The fourth-order valence-corrected chi connectivity index (χ4v) is 2.43. The van der Waals surface area contributed by atoms with Crippen LogP contribution in [0.5, 0.6) is 0 Å². The molecular formula is C11H19N3S. The zero-order chi connectivity index (χ0) is 11.4. The molecule has 15 heavy (non-hydrogen) atoms. The maximum absolute atomic E-state index is 5.88. The Bertz CT molecular complexity index is 326. The number of anilines is 1. The van der Waals surface area contributed by atoms with E-state index in [4.69, 9.17) is 5.73 Å². The lowest BCUT2D eigenvalue weighted by molar-refractivity contribution is 0.803. The van der Waals surface area contributed by atoms with Crippen molar-refractivity contribution in [2.24, 2.45) is 0 Å². The normalized spacial score (nSPS) is 13.1. The summed E-state index contributed by atoms with van der Waals surface area (Å²) in [7, 11) is 0. The van der Waals surface area contributed by atoms with Crippen LogP contribution in [0.3, 0.4) is 0 Å². The van der Waals surface area contributed by atoms with Crippen molar-refractivity contribution in [2.75, 3.05) is 5.73 Å². The SMILES string of the molecule is CCC(C)Sc1ncnc(N)c1C(C)C. The van der Waals surface area contributed by atoms with Gasteiger partial charge in [-0.15, -0.1) is 11.8 Å². The van der Waals surface area contributed by atoms with E-state index >= 15 is 0 Å². The topological polar surface area (TPSA) is 51.8 Å². The largest absolute Gasteiger partial charge is 0.383 e. The van der Waals surface area contributed by atoms with E-state index in [0.29, 0.717) is 17.0 Å². The third-order valence-corrected chi connectivity index (χ3v) is 3.63. The number of nitrogens with zero attached hydrogens (tertiary/aromatic N) is 2. The molecule has 0 aliphatic rings. The van der Waals surface area contributed by atoms with E-state index in [1.54, 1.807) is 18.1 Å². The van der Waals surface area contributed by atoms with Gasteiger partial charge in [0.1, 0.15) is 17.2 Å². The maximum Gasteiger partial charge on any atom is 0.131 e. The molecule has 0 saturated carbocycles. The van der Waals surface area contributed by atoms with Crippen molar-refractivity contribution in [3.8, 4) is 0 Å². The molecule has 0 aliphatic carbocycles. The Morgan fingerprint density at radius 1 is 1.33 bits per heavy atom. The minimum atomic E-state index is 0.373. The van der Waals surface area contributed by atoms with Crippen LogP contribution in [0.15, 0.2) is 11.4 Å². The highest BCUT2D eigenvalue weighted by molar-refractivity contribution is 7.99. The molecule has 1 unspecified atom stereocenters. The first kappa shape index (κ1) is 12.3. The minimum Gasteiger partial charge on any atom is -0.383 e. The van der Waals surface area contributed by atoms with Crippen LogP contribution in [0.4, 0.5) is 5.82 Å². The molecule has 84 valence electrons. The number of aromatic nitrogens is 2. The van der Waals surface area contributed by atoms with Crippen molar-refractivity contribution in [1.29, 1.82) is 0 Å². The summed E-state index contributed by atoms with van der Waals surface area (Å²) in [6.45, 7) is 8.62. The second-order valence-corrected chi connectivity index (χ2v) is 5.40. The van der Waals surface area contributed by atoms with Crippen LogP contribution in [0.2, 0.25) is 0 Å². The van der Waals surface area contributed by atoms with Gasteiger partial charge >= 0.3 is 0 Å². The van der Waals surface area contributed by atoms with Crippen LogP contribution in [-0.2, 0) is 0 Å². The molecule has 1 rings (SSSR count). The quantitative estimate of drug-likeness (QED) is 0.632. The summed E-state index contributed by atoms with van der Waals surface area (Å²) in [5, 5.41) is 1.60. The lowest BCUT2D eigenvalue weighted by atomic mass is 10.1. The van der Waals surface area contributed by atoms with Crippen molar-refractivity contribution in [3.63, 3.8) is 0 Å². The fraction of sp³-hybridized carbons (Fsp3) is 0.636. The van der Waals surface area contributed by atoms with Crippen molar-refractivity contribution in [3.05, 3.63) is 11.9 Å². The van der Waals surface area contributed by atoms with E-state index < -0.39 is 0 Å². The molecule has 0 radical (unpaired) electrons. The van der Waals surface area contributed by atoms with Crippen molar-refractivity contribution < 1.29 is 0 Å². The first-order valence-electron chi connectivity index (χ1n) is 5.33. The predicted octanol–water partition coefficient (Wildman–Crippen LogP) is 3.07. The van der Waals surface area contributed by atoms with Crippen LogP contribution in [0.25, 0.3) is 0 Å². The Morgan fingerprint density at radius 3 is 2.53 bits per heavy atom. The third kappa shape index (κ3) is 3.09. The number of hydrogen-bond donors (Lipinski definition) is 1. The average molecular weight is 225 g/mol. The van der Waals surface area contributed by atoms with Crippen LogP contribution < -0.4 is 5.73 Å². The monoisotopic (exact) mass is 225 g/mol. The number of hydrogen-bond acceptors (Lipinski definition) is 4. The molecule has 0 spiro atoms. The van der Waals surface area contributed by atoms with Crippen LogP contribution >= 0.6 is 11.8 Å². The molecule has 0 bridgehead atoms. The molecule has 0 saturated heterocycles. The van der Waals surface area contributed by atoms with Gasteiger partial charge in [-0.1, -0.05) is 27.7 Å². The molecule has 1 aromatic heterocycles. The Hall–Kier alpha value is -0.770. The second kappa shape index (κ2) is 5.35. The van der Waals surface area contributed by atoms with Gasteiger partial charge in [-0.3, -0.25) is 0 Å². The minimum absolute atomic E-state index is 0.373. The summed E-state index contributed by atoms with van der Waals surface area (Å²) in [5.74, 6) is 0.989. The highest BCUT2D eigenvalue weighted by atomic mass is 32.2. The Labute approximate surface area is 95.9 Å². The van der Waals surface area contributed by atoms with Gasteiger partial charge in [0, 0.05) is 10.8 Å². The zero-order valence-electron chi connectivity index (χ0n) is 9.82. The van der Waals surface area contributed by atoms with E-state index in [1.165, 1.54) is 0 Å². The summed E-state index contributed by atoms with van der Waals surface area (Å²) in [6, 6.07) is 0. The summed E-state index contributed by atoms with van der Waals surface area (Å²) in [6.07, 6.45) is 2.68. The molecule has 0 fully saturated rings. The van der Waals surface area contributed by atoms with Crippen LogP contribution in [0, 0.1) is 0 Å². The smallest absolute Gasteiger partial charge is 0.131 e. The van der Waals surface area contributed by atoms with Crippen molar-refractivity contribution >= 4 is 17.6 Å². The van der Waals surface area contributed by atoms with Gasteiger partial charge in [0.2, 0.25) is 0 Å². The number of thioether (sulfide) groups is 1. The molecule has 3 nitrogen and oxygen atoms in total. The van der Waals surface area contributed by atoms with Gasteiger partial charge in [-0.05, 0) is 12.3 Å². The Kier molecular flexibility index (Phi) is 4.39.